The van der Waals surface area contributed by atoms with Gasteiger partial charge in [-0.1, -0.05) is 72.8 Å². The number of nitrogens with zero attached hydrogens (tertiary/aromatic N) is 1. The molecule has 1 aliphatic carbocycles. The van der Waals surface area contributed by atoms with E-state index in [1.807, 2.05) is 18.2 Å². The molecule has 0 spiro atoms. The van der Waals surface area contributed by atoms with Crippen LogP contribution in [0.3, 0.4) is 0 Å². The maximum atomic E-state index is 5.91. The van der Waals surface area contributed by atoms with Crippen LogP contribution in [0, 0.1) is 0 Å². The first-order chi connectivity index (χ1) is 13.8. The quantitative estimate of drug-likeness (QED) is 0.608. The Kier molecular flexibility index (Phi) is 4.42. The van der Waals surface area contributed by atoms with Gasteiger partial charge in [0.15, 0.2) is 0 Å². The van der Waals surface area contributed by atoms with Crippen LogP contribution in [0.5, 0.6) is 0 Å². The number of hydrogen-bond acceptors (Lipinski definition) is 3. The van der Waals surface area contributed by atoms with Gasteiger partial charge in [0.25, 0.3) is 6.02 Å². The summed E-state index contributed by atoms with van der Waals surface area (Å²) in [5.74, 6) is 0. The molecule has 0 saturated heterocycles. The highest BCUT2D eigenvalue weighted by Crippen LogP contribution is 2.32. The molecule has 0 saturated carbocycles. The third-order valence-corrected chi connectivity index (χ3v) is 5.39. The maximum absolute atomic E-state index is 5.91. The Bertz CT molecular complexity index is 1050. The van der Waals surface area contributed by atoms with Crippen molar-refractivity contribution in [2.24, 2.45) is 4.99 Å². The van der Waals surface area contributed by atoms with Crippen molar-refractivity contribution in [2.45, 2.75) is 25.5 Å². The Balaban J connectivity index is 1.32. The van der Waals surface area contributed by atoms with E-state index >= 15 is 0 Å². The monoisotopic (exact) mass is 366 g/mol. The molecule has 1 heterocycles. The topological polar surface area (TPSA) is 33.6 Å². The molecule has 3 aromatic rings. The average molecular weight is 366 g/mol. The van der Waals surface area contributed by atoms with Crippen LogP contribution in [0.2, 0.25) is 0 Å². The zero-order valence-electron chi connectivity index (χ0n) is 15.6. The normalized spacial score (nSPS) is 17.6. The Morgan fingerprint density at radius 3 is 2.61 bits per heavy atom. The lowest BCUT2D eigenvalue weighted by molar-refractivity contribution is 0.266. The standard InChI is InChI=1S/C25H22N2O/c1-2-6-18(7-3-1)10-11-19-12-14-23-21(16-19)17-28-25(26-23)27-24-15-13-20-8-4-5-9-22(20)24/h1-12,14,16,24H,13,15,17H2,(H,26,27)/t24-/m1/s1. The molecule has 28 heavy (non-hydrogen) atoms. The third kappa shape index (κ3) is 3.44. The van der Waals surface area contributed by atoms with E-state index in [1.54, 1.807) is 0 Å². The zero-order valence-corrected chi connectivity index (χ0v) is 15.6. The summed E-state index contributed by atoms with van der Waals surface area (Å²) in [5, 5.41) is 3.49. The first-order valence-corrected chi connectivity index (χ1v) is 9.77. The molecule has 3 aromatic carbocycles. The summed E-state index contributed by atoms with van der Waals surface area (Å²) in [5.41, 5.74) is 7.23. The molecular formula is C25H22N2O. The van der Waals surface area contributed by atoms with Crippen molar-refractivity contribution >= 4 is 23.9 Å². The number of amidine groups is 1. The van der Waals surface area contributed by atoms with Gasteiger partial charge in [-0.25, -0.2) is 0 Å². The van der Waals surface area contributed by atoms with Crippen molar-refractivity contribution in [3.63, 3.8) is 0 Å². The molecule has 0 amide bonds. The minimum atomic E-state index is 0.282. The number of ether oxygens (including phenoxy) is 1. The van der Waals surface area contributed by atoms with E-state index < -0.39 is 0 Å². The largest absolute Gasteiger partial charge is 0.460 e. The maximum Gasteiger partial charge on any atom is 0.290 e. The molecule has 3 heteroatoms. The molecule has 1 aliphatic heterocycles. The molecule has 138 valence electrons. The predicted molar refractivity (Wildman–Crippen MR) is 114 cm³/mol. The fourth-order valence-corrected chi connectivity index (χ4v) is 3.91. The second kappa shape index (κ2) is 7.35. The summed E-state index contributed by atoms with van der Waals surface area (Å²) in [6, 6.07) is 26.2. The second-order valence-corrected chi connectivity index (χ2v) is 7.27. The molecule has 1 N–H and O–H groups in total. The molecular weight excluding hydrogens is 344 g/mol. The lowest BCUT2D eigenvalue weighted by atomic mass is 10.1. The van der Waals surface area contributed by atoms with Gasteiger partial charge >= 0.3 is 0 Å². The number of hydrogen-bond donors (Lipinski definition) is 1. The third-order valence-electron chi connectivity index (χ3n) is 5.39. The van der Waals surface area contributed by atoms with Crippen LogP contribution in [0.4, 0.5) is 5.69 Å². The zero-order chi connectivity index (χ0) is 18.8. The lowest BCUT2D eigenvalue weighted by Crippen LogP contribution is -2.30. The van der Waals surface area contributed by atoms with Crippen LogP contribution in [-0.2, 0) is 17.8 Å². The molecule has 3 nitrogen and oxygen atoms in total. The number of benzene rings is 3. The lowest BCUT2D eigenvalue weighted by Gasteiger charge is -2.21. The van der Waals surface area contributed by atoms with Gasteiger partial charge in [0.2, 0.25) is 0 Å². The number of nitrogens with one attached hydrogen (secondary N) is 1. The van der Waals surface area contributed by atoms with Gasteiger partial charge < -0.3 is 10.1 Å². The van der Waals surface area contributed by atoms with Crippen molar-refractivity contribution in [1.82, 2.24) is 5.32 Å². The minimum absolute atomic E-state index is 0.282. The first kappa shape index (κ1) is 16.8. The SMILES string of the molecule is C(=Cc1ccc2c(c1)COC(N[C@@H]1CCc3ccccc31)=N2)c1ccccc1. The van der Waals surface area contributed by atoms with Crippen LogP contribution < -0.4 is 5.32 Å². The fourth-order valence-electron chi connectivity index (χ4n) is 3.91. The summed E-state index contributed by atoms with van der Waals surface area (Å²) in [6.07, 6.45) is 6.44. The van der Waals surface area contributed by atoms with Gasteiger partial charge in [-0.2, -0.15) is 4.99 Å². The van der Waals surface area contributed by atoms with Crippen molar-refractivity contribution < 1.29 is 4.74 Å². The average Bonchev–Trinajstić information content (AvgIpc) is 3.16. The van der Waals surface area contributed by atoms with Gasteiger partial charge in [0.1, 0.15) is 6.61 Å². The van der Waals surface area contributed by atoms with Crippen molar-refractivity contribution in [3.8, 4) is 0 Å². The number of aliphatic imine (C=N–C) groups is 1. The van der Waals surface area contributed by atoms with Crippen molar-refractivity contribution in [1.29, 1.82) is 0 Å². The first-order valence-electron chi connectivity index (χ1n) is 9.77. The summed E-state index contributed by atoms with van der Waals surface area (Å²) >= 11 is 0. The number of aryl methyl sites for hydroxylation is 1. The molecule has 0 radical (unpaired) electrons. The van der Waals surface area contributed by atoms with Crippen LogP contribution in [0.1, 0.15) is 40.3 Å². The van der Waals surface area contributed by atoms with E-state index in [1.165, 1.54) is 16.7 Å². The Labute approximate surface area is 165 Å². The molecule has 0 fully saturated rings. The summed E-state index contributed by atoms with van der Waals surface area (Å²) < 4.78 is 5.91. The Hall–Kier alpha value is -3.33. The van der Waals surface area contributed by atoms with Crippen LogP contribution in [0.25, 0.3) is 12.2 Å². The molecule has 5 rings (SSSR count). The Morgan fingerprint density at radius 1 is 0.857 bits per heavy atom. The smallest absolute Gasteiger partial charge is 0.290 e. The van der Waals surface area contributed by atoms with E-state index in [0.717, 1.165) is 29.7 Å². The second-order valence-electron chi connectivity index (χ2n) is 7.27. The van der Waals surface area contributed by atoms with E-state index in [2.05, 4.69) is 72.1 Å². The van der Waals surface area contributed by atoms with Crippen molar-refractivity contribution in [2.75, 3.05) is 0 Å². The van der Waals surface area contributed by atoms with Gasteiger partial charge in [-0.3, -0.25) is 0 Å². The van der Waals surface area contributed by atoms with Crippen molar-refractivity contribution in [3.05, 3.63) is 101 Å². The van der Waals surface area contributed by atoms with E-state index in [4.69, 9.17) is 9.73 Å². The molecule has 0 unspecified atom stereocenters. The Morgan fingerprint density at radius 2 is 1.68 bits per heavy atom. The number of fused-ring (bicyclic) bond motifs is 2. The highest BCUT2D eigenvalue weighted by atomic mass is 16.5. The van der Waals surface area contributed by atoms with Gasteiger partial charge in [0.05, 0.1) is 11.7 Å². The number of rotatable bonds is 3. The molecule has 0 aromatic heterocycles. The highest BCUT2D eigenvalue weighted by Gasteiger charge is 2.24. The minimum Gasteiger partial charge on any atom is -0.460 e. The molecule has 1 atom stereocenters. The summed E-state index contributed by atoms with van der Waals surface area (Å²) in [4.78, 5) is 4.70. The van der Waals surface area contributed by atoms with E-state index in [9.17, 15) is 0 Å². The van der Waals surface area contributed by atoms with Crippen LogP contribution >= 0.6 is 0 Å². The van der Waals surface area contributed by atoms with Gasteiger partial charge in [-0.15, -0.1) is 0 Å². The summed E-state index contributed by atoms with van der Waals surface area (Å²) in [6.45, 7) is 0.544. The predicted octanol–water partition coefficient (Wildman–Crippen LogP) is 5.65. The molecule has 0 bridgehead atoms. The van der Waals surface area contributed by atoms with Crippen LogP contribution in [-0.4, -0.2) is 6.02 Å². The summed E-state index contributed by atoms with van der Waals surface area (Å²) in [7, 11) is 0. The molecule has 2 aliphatic rings. The van der Waals surface area contributed by atoms with E-state index in [-0.39, 0.29) is 6.04 Å². The highest BCUT2D eigenvalue weighted by molar-refractivity contribution is 5.81. The van der Waals surface area contributed by atoms with Gasteiger partial charge in [0, 0.05) is 5.56 Å². The van der Waals surface area contributed by atoms with Gasteiger partial charge in [-0.05, 0) is 47.2 Å². The van der Waals surface area contributed by atoms with Crippen LogP contribution in [0.15, 0.2) is 77.8 Å². The van der Waals surface area contributed by atoms with E-state index in [0.29, 0.717) is 12.6 Å². The fraction of sp³-hybridized carbons (Fsp3) is 0.160.